The van der Waals surface area contributed by atoms with E-state index in [4.69, 9.17) is 5.73 Å². The lowest BCUT2D eigenvalue weighted by molar-refractivity contribution is -0.117. The van der Waals surface area contributed by atoms with Gasteiger partial charge in [0.1, 0.15) is 0 Å². The van der Waals surface area contributed by atoms with Crippen LogP contribution in [0.25, 0.3) is 0 Å². The predicted molar refractivity (Wildman–Crippen MR) is 66.8 cm³/mol. The molecule has 0 bridgehead atoms. The van der Waals surface area contributed by atoms with E-state index < -0.39 is 0 Å². The molecule has 3 N–H and O–H groups in total. The zero-order chi connectivity index (χ0) is 12.1. The lowest BCUT2D eigenvalue weighted by atomic mass is 10.1. The summed E-state index contributed by atoms with van der Waals surface area (Å²) in [7, 11) is 0. The van der Waals surface area contributed by atoms with Crippen LogP contribution in [0.4, 0.5) is 5.69 Å². The van der Waals surface area contributed by atoms with Gasteiger partial charge in [-0.3, -0.25) is 4.79 Å². The van der Waals surface area contributed by atoms with E-state index in [0.717, 1.165) is 16.8 Å². The third-order valence-corrected chi connectivity index (χ3v) is 2.22. The van der Waals surface area contributed by atoms with Gasteiger partial charge < -0.3 is 11.1 Å². The third-order valence-electron chi connectivity index (χ3n) is 2.22. The number of nitrogens with two attached hydrogens (primary N) is 1. The quantitative estimate of drug-likeness (QED) is 0.604. The molecule has 0 heterocycles. The average molecular weight is 218 g/mol. The second-order valence-corrected chi connectivity index (χ2v) is 4.12. The van der Waals surface area contributed by atoms with Gasteiger partial charge in [-0.15, -0.1) is 0 Å². The van der Waals surface area contributed by atoms with Crippen molar-refractivity contribution in [3.8, 4) is 0 Å². The van der Waals surface area contributed by atoms with Crippen LogP contribution in [0.15, 0.2) is 35.9 Å². The first-order valence-electron chi connectivity index (χ1n) is 5.30. The number of hydrogen-bond donors (Lipinski definition) is 2. The van der Waals surface area contributed by atoms with Crippen LogP contribution < -0.4 is 11.1 Å². The van der Waals surface area contributed by atoms with Gasteiger partial charge in [0.05, 0.1) is 6.04 Å². The van der Waals surface area contributed by atoms with Crippen molar-refractivity contribution in [3.05, 3.63) is 41.5 Å². The standard InChI is InChI=1S/C13H18N2O/c1-9(2)8-13(16)15-10(3)11-4-6-12(14)7-5-11/h4-8,10H,14H2,1-3H3,(H,15,16). The van der Waals surface area contributed by atoms with E-state index in [0.29, 0.717) is 0 Å². The van der Waals surface area contributed by atoms with Gasteiger partial charge in [-0.1, -0.05) is 17.7 Å². The Morgan fingerprint density at radius 3 is 2.38 bits per heavy atom. The van der Waals surface area contributed by atoms with Gasteiger partial charge in [-0.25, -0.2) is 0 Å². The van der Waals surface area contributed by atoms with E-state index in [1.54, 1.807) is 6.08 Å². The number of allylic oxidation sites excluding steroid dienone is 1. The molecule has 1 aromatic rings. The van der Waals surface area contributed by atoms with Crippen molar-refractivity contribution in [2.45, 2.75) is 26.8 Å². The van der Waals surface area contributed by atoms with Gasteiger partial charge in [0.15, 0.2) is 0 Å². The number of nitrogen functional groups attached to an aromatic ring is 1. The molecule has 3 heteroatoms. The molecule has 0 spiro atoms. The van der Waals surface area contributed by atoms with Crippen molar-refractivity contribution < 1.29 is 4.79 Å². The van der Waals surface area contributed by atoms with E-state index in [1.807, 2.05) is 45.0 Å². The Bertz CT molecular complexity index is 389. The summed E-state index contributed by atoms with van der Waals surface area (Å²) in [6, 6.07) is 7.49. The van der Waals surface area contributed by atoms with E-state index in [1.165, 1.54) is 0 Å². The van der Waals surface area contributed by atoms with E-state index in [9.17, 15) is 4.79 Å². The lowest BCUT2D eigenvalue weighted by Crippen LogP contribution is -2.24. The molecule has 3 nitrogen and oxygen atoms in total. The van der Waals surface area contributed by atoms with Crippen LogP contribution in [0.2, 0.25) is 0 Å². The molecule has 0 aromatic heterocycles. The number of amides is 1. The Hall–Kier alpha value is -1.77. The molecule has 0 saturated heterocycles. The fraction of sp³-hybridized carbons (Fsp3) is 0.308. The zero-order valence-electron chi connectivity index (χ0n) is 9.95. The number of carbonyl (C=O) groups is 1. The Morgan fingerprint density at radius 1 is 1.31 bits per heavy atom. The van der Waals surface area contributed by atoms with Crippen molar-refractivity contribution in [1.29, 1.82) is 0 Å². The van der Waals surface area contributed by atoms with Gasteiger partial charge in [-0.05, 0) is 38.5 Å². The molecule has 16 heavy (non-hydrogen) atoms. The summed E-state index contributed by atoms with van der Waals surface area (Å²) >= 11 is 0. The molecular formula is C13H18N2O. The maximum atomic E-state index is 11.5. The van der Waals surface area contributed by atoms with Gasteiger partial charge in [0.25, 0.3) is 0 Å². The average Bonchev–Trinajstić information content (AvgIpc) is 2.16. The number of benzene rings is 1. The minimum absolute atomic E-state index is 0.0105. The summed E-state index contributed by atoms with van der Waals surface area (Å²) in [6.07, 6.45) is 1.59. The fourth-order valence-corrected chi connectivity index (χ4v) is 1.39. The number of anilines is 1. The number of carbonyl (C=O) groups excluding carboxylic acids is 1. The minimum Gasteiger partial charge on any atom is -0.399 e. The molecule has 86 valence electrons. The first-order valence-corrected chi connectivity index (χ1v) is 5.30. The van der Waals surface area contributed by atoms with Crippen molar-refractivity contribution in [2.24, 2.45) is 0 Å². The highest BCUT2D eigenvalue weighted by Crippen LogP contribution is 2.14. The molecule has 1 aromatic carbocycles. The van der Waals surface area contributed by atoms with Crippen LogP contribution in [0.1, 0.15) is 32.4 Å². The molecular weight excluding hydrogens is 200 g/mol. The summed E-state index contributed by atoms with van der Waals surface area (Å²) < 4.78 is 0. The Morgan fingerprint density at radius 2 is 1.88 bits per heavy atom. The summed E-state index contributed by atoms with van der Waals surface area (Å²) in [6.45, 7) is 5.74. The highest BCUT2D eigenvalue weighted by Gasteiger charge is 2.06. The zero-order valence-corrected chi connectivity index (χ0v) is 9.95. The minimum atomic E-state index is -0.0654. The first-order chi connectivity index (χ1) is 7.49. The smallest absolute Gasteiger partial charge is 0.244 e. The maximum Gasteiger partial charge on any atom is 0.244 e. The van der Waals surface area contributed by atoms with E-state index in [2.05, 4.69) is 5.32 Å². The van der Waals surface area contributed by atoms with Gasteiger partial charge in [-0.2, -0.15) is 0 Å². The predicted octanol–water partition coefficient (Wildman–Crippen LogP) is 2.41. The lowest BCUT2D eigenvalue weighted by Gasteiger charge is -2.13. The van der Waals surface area contributed by atoms with Crippen molar-refractivity contribution in [1.82, 2.24) is 5.32 Å². The largest absolute Gasteiger partial charge is 0.399 e. The molecule has 1 unspecified atom stereocenters. The number of nitrogens with one attached hydrogen (secondary N) is 1. The monoisotopic (exact) mass is 218 g/mol. The normalized spacial score (nSPS) is 11.7. The molecule has 0 aliphatic heterocycles. The third kappa shape index (κ3) is 3.77. The molecule has 1 amide bonds. The van der Waals surface area contributed by atoms with Crippen LogP contribution in [0.5, 0.6) is 0 Å². The molecule has 1 atom stereocenters. The molecule has 0 aliphatic rings. The van der Waals surface area contributed by atoms with E-state index >= 15 is 0 Å². The Balaban J connectivity index is 2.65. The van der Waals surface area contributed by atoms with Gasteiger partial charge >= 0.3 is 0 Å². The molecule has 0 fully saturated rings. The van der Waals surface area contributed by atoms with Crippen LogP contribution in [0.3, 0.4) is 0 Å². The van der Waals surface area contributed by atoms with Gasteiger partial charge in [0.2, 0.25) is 5.91 Å². The van der Waals surface area contributed by atoms with Crippen LogP contribution in [0, 0.1) is 0 Å². The van der Waals surface area contributed by atoms with Crippen molar-refractivity contribution >= 4 is 11.6 Å². The second-order valence-electron chi connectivity index (χ2n) is 4.12. The van der Waals surface area contributed by atoms with Gasteiger partial charge in [0, 0.05) is 11.8 Å². The van der Waals surface area contributed by atoms with Crippen molar-refractivity contribution in [2.75, 3.05) is 5.73 Å². The Kier molecular flexibility index (Phi) is 4.11. The summed E-state index contributed by atoms with van der Waals surface area (Å²) in [4.78, 5) is 11.5. The Labute approximate surface area is 96.3 Å². The van der Waals surface area contributed by atoms with Crippen LogP contribution in [-0.4, -0.2) is 5.91 Å². The van der Waals surface area contributed by atoms with Crippen LogP contribution in [-0.2, 0) is 4.79 Å². The highest BCUT2D eigenvalue weighted by molar-refractivity contribution is 5.88. The SMILES string of the molecule is CC(C)=CC(=O)NC(C)c1ccc(N)cc1. The van der Waals surface area contributed by atoms with Crippen molar-refractivity contribution in [3.63, 3.8) is 0 Å². The summed E-state index contributed by atoms with van der Waals surface area (Å²) in [5.41, 5.74) is 8.36. The highest BCUT2D eigenvalue weighted by atomic mass is 16.1. The fourth-order valence-electron chi connectivity index (χ4n) is 1.39. The summed E-state index contributed by atoms with van der Waals surface area (Å²) in [5.74, 6) is -0.0654. The second kappa shape index (κ2) is 5.35. The first kappa shape index (κ1) is 12.3. The van der Waals surface area contributed by atoms with E-state index in [-0.39, 0.29) is 11.9 Å². The maximum absolute atomic E-state index is 11.5. The van der Waals surface area contributed by atoms with Crippen LogP contribution >= 0.6 is 0 Å². The molecule has 0 radical (unpaired) electrons. The molecule has 0 aliphatic carbocycles. The molecule has 1 rings (SSSR count). The molecule has 0 saturated carbocycles. The summed E-state index contributed by atoms with van der Waals surface area (Å²) in [5, 5.41) is 2.89. The number of hydrogen-bond acceptors (Lipinski definition) is 2. The topological polar surface area (TPSA) is 55.1 Å². The number of rotatable bonds is 3.